The first-order valence-corrected chi connectivity index (χ1v) is 8.55. The van der Waals surface area contributed by atoms with Crippen molar-refractivity contribution in [3.63, 3.8) is 0 Å². The Hall–Kier alpha value is -2.55. The number of rotatable bonds is 3. The van der Waals surface area contributed by atoms with Gasteiger partial charge in [0.1, 0.15) is 0 Å². The van der Waals surface area contributed by atoms with Crippen LogP contribution in [0.1, 0.15) is 46.3 Å². The summed E-state index contributed by atoms with van der Waals surface area (Å²) in [6, 6.07) is 14.9. The van der Waals surface area contributed by atoms with Crippen molar-refractivity contribution >= 4 is 16.8 Å². The quantitative estimate of drug-likeness (QED) is 0.743. The Labute approximate surface area is 142 Å². The van der Waals surface area contributed by atoms with Crippen LogP contribution in [0.2, 0.25) is 0 Å². The number of hydrogen-bond acceptors (Lipinski definition) is 1. The molecule has 3 heteroatoms. The summed E-state index contributed by atoms with van der Waals surface area (Å²) in [7, 11) is 1.67. The minimum Gasteiger partial charge on any atom is -0.360 e. The summed E-state index contributed by atoms with van der Waals surface area (Å²) >= 11 is 0. The molecule has 1 aromatic heterocycles. The molecule has 1 heterocycles. The molecule has 1 aliphatic rings. The summed E-state index contributed by atoms with van der Waals surface area (Å²) in [4.78, 5) is 15.5. The Morgan fingerprint density at radius 1 is 1.12 bits per heavy atom. The molecule has 0 unspecified atom stereocenters. The van der Waals surface area contributed by atoms with Gasteiger partial charge in [0.2, 0.25) is 0 Å². The normalized spacial score (nSPS) is 15.9. The standard InChI is InChI=1S/C21H22N2O/c1-14-7-9-15(10-8-14)21(11-4-12-21)18-13-23-19-16(18)5-3-6-17(19)20(24)22-2/h3,5-10,13,23H,4,11-12H2,1-2H3,(H,22,24). The number of H-pyrrole nitrogens is 1. The first-order chi connectivity index (χ1) is 11.7. The van der Waals surface area contributed by atoms with E-state index in [-0.39, 0.29) is 11.3 Å². The van der Waals surface area contributed by atoms with Crippen LogP contribution in [0.15, 0.2) is 48.7 Å². The topological polar surface area (TPSA) is 44.9 Å². The van der Waals surface area contributed by atoms with Gasteiger partial charge in [-0.1, -0.05) is 48.4 Å². The SMILES string of the molecule is CNC(=O)c1cccc2c(C3(c4ccc(C)cc4)CCC3)c[nH]c12. The van der Waals surface area contributed by atoms with Gasteiger partial charge in [0.05, 0.1) is 11.1 Å². The molecule has 0 bridgehead atoms. The van der Waals surface area contributed by atoms with Crippen LogP contribution in [0.3, 0.4) is 0 Å². The van der Waals surface area contributed by atoms with Gasteiger partial charge in [-0.3, -0.25) is 4.79 Å². The number of amides is 1. The Bertz CT molecular complexity index is 901. The number of carbonyl (C=O) groups is 1. The number of fused-ring (bicyclic) bond motifs is 1. The zero-order valence-corrected chi connectivity index (χ0v) is 14.1. The maximum atomic E-state index is 12.1. The third-order valence-corrected chi connectivity index (χ3v) is 5.51. The zero-order chi connectivity index (χ0) is 16.7. The molecule has 0 atom stereocenters. The Kier molecular flexibility index (Phi) is 3.45. The first-order valence-electron chi connectivity index (χ1n) is 8.55. The molecular weight excluding hydrogens is 296 g/mol. The molecule has 1 saturated carbocycles. The number of carbonyl (C=O) groups excluding carboxylic acids is 1. The second kappa shape index (κ2) is 5.52. The Morgan fingerprint density at radius 3 is 2.50 bits per heavy atom. The molecule has 3 nitrogen and oxygen atoms in total. The molecule has 2 N–H and O–H groups in total. The maximum absolute atomic E-state index is 12.1. The highest BCUT2D eigenvalue weighted by Crippen LogP contribution is 2.51. The van der Waals surface area contributed by atoms with Gasteiger partial charge in [0, 0.05) is 24.0 Å². The smallest absolute Gasteiger partial charge is 0.253 e. The average Bonchev–Trinajstić information content (AvgIpc) is 2.99. The lowest BCUT2D eigenvalue weighted by molar-refractivity contribution is 0.0964. The maximum Gasteiger partial charge on any atom is 0.253 e. The lowest BCUT2D eigenvalue weighted by atomic mass is 9.60. The molecule has 0 spiro atoms. The van der Waals surface area contributed by atoms with Crippen molar-refractivity contribution in [3.8, 4) is 0 Å². The summed E-state index contributed by atoms with van der Waals surface area (Å²) in [5.41, 5.74) is 5.70. The van der Waals surface area contributed by atoms with Crippen LogP contribution in [0, 0.1) is 6.92 Å². The van der Waals surface area contributed by atoms with Crippen molar-refractivity contribution < 1.29 is 4.79 Å². The van der Waals surface area contributed by atoms with Crippen LogP contribution in [0.4, 0.5) is 0 Å². The van der Waals surface area contributed by atoms with E-state index in [2.05, 4.69) is 53.8 Å². The van der Waals surface area contributed by atoms with Gasteiger partial charge in [-0.2, -0.15) is 0 Å². The predicted molar refractivity (Wildman–Crippen MR) is 97.5 cm³/mol. The van der Waals surface area contributed by atoms with Crippen molar-refractivity contribution in [1.82, 2.24) is 10.3 Å². The third-order valence-electron chi connectivity index (χ3n) is 5.51. The number of benzene rings is 2. The van der Waals surface area contributed by atoms with Crippen LogP contribution in [-0.2, 0) is 5.41 Å². The molecule has 24 heavy (non-hydrogen) atoms. The van der Waals surface area contributed by atoms with Gasteiger partial charge in [0.15, 0.2) is 0 Å². The monoisotopic (exact) mass is 318 g/mol. The van der Waals surface area contributed by atoms with E-state index >= 15 is 0 Å². The highest BCUT2D eigenvalue weighted by molar-refractivity contribution is 6.06. The van der Waals surface area contributed by atoms with Gasteiger partial charge in [-0.05, 0) is 37.0 Å². The third kappa shape index (κ3) is 2.08. The Morgan fingerprint density at radius 2 is 1.88 bits per heavy atom. The number of para-hydroxylation sites is 1. The van der Waals surface area contributed by atoms with E-state index in [0.717, 1.165) is 23.7 Å². The molecule has 0 radical (unpaired) electrons. The Balaban J connectivity index is 1.89. The molecule has 0 saturated heterocycles. The number of hydrogen-bond donors (Lipinski definition) is 2. The fourth-order valence-electron chi connectivity index (χ4n) is 3.99. The van der Waals surface area contributed by atoms with Crippen LogP contribution in [0.5, 0.6) is 0 Å². The van der Waals surface area contributed by atoms with Crippen molar-refractivity contribution in [2.24, 2.45) is 0 Å². The second-order valence-electron chi connectivity index (χ2n) is 6.81. The largest absolute Gasteiger partial charge is 0.360 e. The van der Waals surface area contributed by atoms with Crippen LogP contribution in [-0.4, -0.2) is 17.9 Å². The fourth-order valence-corrected chi connectivity index (χ4v) is 3.99. The van der Waals surface area contributed by atoms with E-state index in [9.17, 15) is 4.79 Å². The minimum absolute atomic E-state index is 0.0491. The zero-order valence-electron chi connectivity index (χ0n) is 14.1. The van der Waals surface area contributed by atoms with Crippen molar-refractivity contribution in [2.75, 3.05) is 7.05 Å². The van der Waals surface area contributed by atoms with Gasteiger partial charge >= 0.3 is 0 Å². The molecular formula is C21H22N2O. The van der Waals surface area contributed by atoms with Crippen molar-refractivity contribution in [3.05, 3.63) is 70.9 Å². The fraction of sp³-hybridized carbons (Fsp3) is 0.286. The summed E-state index contributed by atoms with van der Waals surface area (Å²) < 4.78 is 0. The van der Waals surface area contributed by atoms with Crippen molar-refractivity contribution in [2.45, 2.75) is 31.6 Å². The summed E-state index contributed by atoms with van der Waals surface area (Å²) in [5.74, 6) is -0.0491. The van der Waals surface area contributed by atoms with Crippen LogP contribution in [0.25, 0.3) is 10.9 Å². The second-order valence-corrected chi connectivity index (χ2v) is 6.81. The molecule has 1 fully saturated rings. The number of aryl methyl sites for hydroxylation is 1. The first kappa shape index (κ1) is 15.0. The van der Waals surface area contributed by atoms with E-state index in [1.54, 1.807) is 7.05 Å². The van der Waals surface area contributed by atoms with E-state index in [1.807, 2.05) is 12.1 Å². The molecule has 122 valence electrons. The van der Waals surface area contributed by atoms with Gasteiger partial charge in [-0.25, -0.2) is 0 Å². The number of nitrogens with one attached hydrogen (secondary N) is 2. The van der Waals surface area contributed by atoms with Crippen LogP contribution >= 0.6 is 0 Å². The lowest BCUT2D eigenvalue weighted by Crippen LogP contribution is -2.35. The molecule has 0 aliphatic heterocycles. The number of aromatic amines is 1. The van der Waals surface area contributed by atoms with Gasteiger partial charge < -0.3 is 10.3 Å². The summed E-state index contributed by atoms with van der Waals surface area (Å²) in [6.07, 6.45) is 5.67. The molecule has 1 aliphatic carbocycles. The predicted octanol–water partition coefficient (Wildman–Crippen LogP) is 4.31. The van der Waals surface area contributed by atoms with E-state index in [0.29, 0.717) is 5.56 Å². The average molecular weight is 318 g/mol. The van der Waals surface area contributed by atoms with E-state index in [4.69, 9.17) is 0 Å². The number of aromatic nitrogens is 1. The van der Waals surface area contributed by atoms with Gasteiger partial charge in [0.25, 0.3) is 5.91 Å². The molecule has 3 aromatic rings. The van der Waals surface area contributed by atoms with Crippen LogP contribution < -0.4 is 5.32 Å². The molecule has 1 amide bonds. The molecule has 4 rings (SSSR count). The lowest BCUT2D eigenvalue weighted by Gasteiger charge is -2.42. The summed E-state index contributed by atoms with van der Waals surface area (Å²) in [6.45, 7) is 2.12. The summed E-state index contributed by atoms with van der Waals surface area (Å²) in [5, 5.41) is 3.89. The van der Waals surface area contributed by atoms with E-state index < -0.39 is 0 Å². The minimum atomic E-state index is -0.0491. The van der Waals surface area contributed by atoms with E-state index in [1.165, 1.54) is 23.1 Å². The highest BCUT2D eigenvalue weighted by atomic mass is 16.1. The highest BCUT2D eigenvalue weighted by Gasteiger charge is 2.42. The van der Waals surface area contributed by atoms with Gasteiger partial charge in [-0.15, -0.1) is 0 Å². The molecule has 2 aromatic carbocycles. The van der Waals surface area contributed by atoms with Crippen molar-refractivity contribution in [1.29, 1.82) is 0 Å².